The van der Waals surface area contributed by atoms with Gasteiger partial charge in [-0.25, -0.2) is 0 Å². The largest absolute Gasteiger partial charge is 0.342 e. The average Bonchev–Trinajstić information content (AvgIpc) is 3.15. The van der Waals surface area contributed by atoms with Crippen LogP contribution in [-0.4, -0.2) is 39.5 Å². The molecule has 1 aromatic heterocycles. The second-order valence-corrected chi connectivity index (χ2v) is 7.14. The number of likely N-dealkylation sites (N-methyl/N-ethyl adjacent to an activating group) is 2. The fourth-order valence-electron chi connectivity index (χ4n) is 3.44. The number of thiocarbonyl (C=S) groups is 1. The highest BCUT2D eigenvalue weighted by atomic mass is 32.1. The molecule has 0 atom stereocenters. The first-order valence-electron chi connectivity index (χ1n) is 8.84. The number of aromatic nitrogens is 1. The molecule has 2 aromatic carbocycles. The van der Waals surface area contributed by atoms with Crippen LogP contribution in [0.25, 0.3) is 17.0 Å². The Hall–Kier alpha value is -3.43. The number of benzene rings is 2. The molecule has 0 bridgehead atoms. The van der Waals surface area contributed by atoms with Crippen LogP contribution in [0.4, 0.5) is 0 Å². The van der Waals surface area contributed by atoms with E-state index >= 15 is 0 Å². The summed E-state index contributed by atoms with van der Waals surface area (Å²) >= 11 is 5.31. The Kier molecular flexibility index (Phi) is 4.46. The molecule has 6 heteroatoms. The van der Waals surface area contributed by atoms with Crippen molar-refractivity contribution in [1.29, 1.82) is 5.26 Å². The number of amides is 1. The van der Waals surface area contributed by atoms with Gasteiger partial charge in [-0.2, -0.15) is 5.26 Å². The van der Waals surface area contributed by atoms with E-state index in [0.717, 1.165) is 22.0 Å². The van der Waals surface area contributed by atoms with E-state index in [4.69, 9.17) is 17.5 Å². The predicted molar refractivity (Wildman–Crippen MR) is 113 cm³/mol. The molecule has 3 aromatic rings. The zero-order valence-corrected chi connectivity index (χ0v) is 16.4. The Balaban J connectivity index is 1.77. The van der Waals surface area contributed by atoms with Crippen molar-refractivity contribution in [2.24, 2.45) is 0 Å². The molecule has 1 saturated heterocycles. The van der Waals surface area contributed by atoms with Crippen LogP contribution >= 0.6 is 12.2 Å². The normalized spacial score (nSPS) is 15.7. The maximum Gasteiger partial charge on any atom is 0.276 e. The molecular formula is C22H18N4OS. The van der Waals surface area contributed by atoms with Gasteiger partial charge in [-0.15, -0.1) is 0 Å². The van der Waals surface area contributed by atoms with E-state index in [0.29, 0.717) is 22.9 Å². The molecule has 0 N–H and O–H groups in total. The summed E-state index contributed by atoms with van der Waals surface area (Å²) in [4.78, 5) is 15.7. The molecule has 1 fully saturated rings. The summed E-state index contributed by atoms with van der Waals surface area (Å²) in [7, 11) is 3.50. The van der Waals surface area contributed by atoms with Gasteiger partial charge in [-0.1, -0.05) is 30.3 Å². The zero-order valence-electron chi connectivity index (χ0n) is 15.6. The number of carbonyl (C=O) groups excluding carboxylic acids is 1. The van der Waals surface area contributed by atoms with E-state index in [-0.39, 0.29) is 5.91 Å². The van der Waals surface area contributed by atoms with E-state index in [1.807, 2.05) is 49.5 Å². The SMILES string of the molecule is CN1C(=O)/C(=C/c2cn(Cc3ccc(C#N)cc3)c3ccccc23)N(C)C1=S. The highest BCUT2D eigenvalue weighted by molar-refractivity contribution is 7.80. The molecule has 0 saturated carbocycles. The summed E-state index contributed by atoms with van der Waals surface area (Å²) in [6.07, 6.45) is 3.95. The Bertz CT molecular complexity index is 1170. The summed E-state index contributed by atoms with van der Waals surface area (Å²) in [5.74, 6) is -0.101. The van der Waals surface area contributed by atoms with Gasteiger partial charge >= 0.3 is 0 Å². The molecule has 28 heavy (non-hydrogen) atoms. The second-order valence-electron chi connectivity index (χ2n) is 6.77. The third-order valence-corrected chi connectivity index (χ3v) is 5.55. The smallest absolute Gasteiger partial charge is 0.276 e. The van der Waals surface area contributed by atoms with Gasteiger partial charge in [0.2, 0.25) is 0 Å². The summed E-state index contributed by atoms with van der Waals surface area (Å²) < 4.78 is 2.16. The van der Waals surface area contributed by atoms with Crippen molar-refractivity contribution in [2.75, 3.05) is 14.1 Å². The minimum absolute atomic E-state index is 0.101. The van der Waals surface area contributed by atoms with Crippen molar-refractivity contribution in [3.05, 3.63) is 77.1 Å². The molecule has 1 amide bonds. The lowest BCUT2D eigenvalue weighted by Gasteiger charge is -2.10. The van der Waals surface area contributed by atoms with E-state index in [9.17, 15) is 4.79 Å². The number of rotatable bonds is 3. The van der Waals surface area contributed by atoms with Gasteiger partial charge in [0.1, 0.15) is 5.70 Å². The molecule has 5 nitrogen and oxygen atoms in total. The van der Waals surface area contributed by atoms with Gasteiger partial charge in [-0.3, -0.25) is 9.69 Å². The molecule has 0 spiro atoms. The first kappa shape index (κ1) is 18.0. The van der Waals surface area contributed by atoms with Crippen molar-refractivity contribution in [3.63, 3.8) is 0 Å². The van der Waals surface area contributed by atoms with Gasteiger partial charge in [0.25, 0.3) is 5.91 Å². The van der Waals surface area contributed by atoms with Crippen LogP contribution in [0.15, 0.2) is 60.4 Å². The third-order valence-electron chi connectivity index (χ3n) is 5.01. The Morgan fingerprint density at radius 1 is 1.07 bits per heavy atom. The zero-order chi connectivity index (χ0) is 19.8. The van der Waals surface area contributed by atoms with Crippen LogP contribution < -0.4 is 0 Å². The van der Waals surface area contributed by atoms with Gasteiger partial charge in [0.15, 0.2) is 5.11 Å². The molecule has 1 aliphatic heterocycles. The number of fused-ring (bicyclic) bond motifs is 1. The quantitative estimate of drug-likeness (QED) is 0.510. The van der Waals surface area contributed by atoms with Gasteiger partial charge < -0.3 is 9.47 Å². The number of carbonyl (C=O) groups is 1. The van der Waals surface area contributed by atoms with Crippen LogP contribution in [-0.2, 0) is 11.3 Å². The van der Waals surface area contributed by atoms with E-state index in [2.05, 4.69) is 29.0 Å². The summed E-state index contributed by atoms with van der Waals surface area (Å²) in [5, 5.41) is 10.5. The minimum atomic E-state index is -0.101. The van der Waals surface area contributed by atoms with Crippen molar-refractivity contribution < 1.29 is 4.79 Å². The lowest BCUT2D eigenvalue weighted by molar-refractivity contribution is -0.121. The second kappa shape index (κ2) is 6.95. The number of hydrogen-bond acceptors (Lipinski definition) is 3. The van der Waals surface area contributed by atoms with Crippen molar-refractivity contribution in [2.45, 2.75) is 6.54 Å². The van der Waals surface area contributed by atoms with E-state index in [1.54, 1.807) is 11.9 Å². The van der Waals surface area contributed by atoms with Crippen molar-refractivity contribution in [1.82, 2.24) is 14.4 Å². The van der Waals surface area contributed by atoms with Crippen molar-refractivity contribution >= 4 is 40.2 Å². The minimum Gasteiger partial charge on any atom is -0.342 e. The highest BCUT2D eigenvalue weighted by Gasteiger charge is 2.32. The fourth-order valence-corrected chi connectivity index (χ4v) is 3.62. The standard InChI is InChI=1S/C22H18N4OS/c1-24-20(21(27)25(2)22(24)28)11-17-14-26(19-6-4-3-5-18(17)19)13-16-9-7-15(12-23)8-10-16/h3-11,14H,13H2,1-2H3/b20-11-. The van der Waals surface area contributed by atoms with Gasteiger partial charge in [0, 0.05) is 43.3 Å². The predicted octanol–water partition coefficient (Wildman–Crippen LogP) is 3.59. The molecule has 2 heterocycles. The van der Waals surface area contributed by atoms with E-state index < -0.39 is 0 Å². The number of hydrogen-bond donors (Lipinski definition) is 0. The lowest BCUT2D eigenvalue weighted by Crippen LogP contribution is -2.26. The van der Waals surface area contributed by atoms with Crippen molar-refractivity contribution in [3.8, 4) is 6.07 Å². The van der Waals surface area contributed by atoms with Crippen LogP contribution in [0.1, 0.15) is 16.7 Å². The Labute approximate surface area is 168 Å². The molecule has 0 radical (unpaired) electrons. The molecule has 4 rings (SSSR count). The Morgan fingerprint density at radius 2 is 1.79 bits per heavy atom. The fraction of sp³-hybridized carbons (Fsp3) is 0.136. The molecule has 0 unspecified atom stereocenters. The maximum absolute atomic E-state index is 12.5. The molecule has 0 aliphatic carbocycles. The number of para-hydroxylation sites is 1. The van der Waals surface area contributed by atoms with Gasteiger partial charge in [-0.05, 0) is 42.1 Å². The maximum atomic E-state index is 12.5. The summed E-state index contributed by atoms with van der Waals surface area (Å²) in [6, 6.07) is 17.8. The first-order valence-corrected chi connectivity index (χ1v) is 9.25. The van der Waals surface area contributed by atoms with Crippen LogP contribution in [0, 0.1) is 11.3 Å². The van der Waals surface area contributed by atoms with Crippen LogP contribution in [0.3, 0.4) is 0 Å². The monoisotopic (exact) mass is 386 g/mol. The molecular weight excluding hydrogens is 368 g/mol. The summed E-state index contributed by atoms with van der Waals surface area (Å²) in [6.45, 7) is 0.678. The number of nitriles is 1. The number of nitrogens with zero attached hydrogens (tertiary/aromatic N) is 4. The van der Waals surface area contributed by atoms with Crippen LogP contribution in [0.2, 0.25) is 0 Å². The van der Waals surface area contributed by atoms with Gasteiger partial charge in [0.05, 0.1) is 11.6 Å². The summed E-state index contributed by atoms with van der Waals surface area (Å²) in [5.41, 5.74) is 4.37. The Morgan fingerprint density at radius 3 is 2.43 bits per heavy atom. The molecule has 138 valence electrons. The average molecular weight is 386 g/mol. The van der Waals surface area contributed by atoms with E-state index in [1.165, 1.54) is 4.90 Å². The molecule has 1 aliphatic rings. The van der Waals surface area contributed by atoms with Crippen LogP contribution in [0.5, 0.6) is 0 Å². The third kappa shape index (κ3) is 2.96. The first-order chi connectivity index (χ1) is 13.5. The topological polar surface area (TPSA) is 52.3 Å². The lowest BCUT2D eigenvalue weighted by atomic mass is 10.1. The highest BCUT2D eigenvalue weighted by Crippen LogP contribution is 2.27.